The molecule has 1 heterocycles. The van der Waals surface area contributed by atoms with Gasteiger partial charge in [-0.1, -0.05) is 0 Å². The van der Waals surface area contributed by atoms with Gasteiger partial charge in [0.05, 0.1) is 17.6 Å². The summed E-state index contributed by atoms with van der Waals surface area (Å²) in [5, 5.41) is 9.96. The van der Waals surface area contributed by atoms with Gasteiger partial charge in [-0.15, -0.1) is 0 Å². The van der Waals surface area contributed by atoms with Gasteiger partial charge in [-0.3, -0.25) is 5.10 Å². The second kappa shape index (κ2) is 4.45. The van der Waals surface area contributed by atoms with Crippen LogP contribution in [0.3, 0.4) is 0 Å². The number of nitrogens with two attached hydrogens (primary N) is 1. The van der Waals surface area contributed by atoms with E-state index in [-0.39, 0.29) is 5.82 Å². The number of rotatable bonds is 3. The second-order valence-corrected chi connectivity index (χ2v) is 4.06. The zero-order chi connectivity index (χ0) is 12.4. The molecule has 2 aromatic rings. The minimum absolute atomic E-state index is 0.285. The molecule has 4 N–H and O–H groups in total. The summed E-state index contributed by atoms with van der Waals surface area (Å²) in [6, 6.07) is 3.04. The van der Waals surface area contributed by atoms with Crippen molar-refractivity contribution in [2.24, 2.45) is 0 Å². The number of anilines is 2. The first kappa shape index (κ1) is 11.4. The standard InChI is InChI=1S/C12H15FN4/c1-7-3-12(11(14)4-10(7)13)15-5-9-6-16-17-8(9)2/h3-4,6,15H,5,14H2,1-2H3,(H,16,17). The van der Waals surface area contributed by atoms with E-state index in [9.17, 15) is 4.39 Å². The van der Waals surface area contributed by atoms with Crippen molar-refractivity contribution < 1.29 is 4.39 Å². The summed E-state index contributed by atoms with van der Waals surface area (Å²) in [6.07, 6.45) is 1.76. The molecule has 0 amide bonds. The molecule has 17 heavy (non-hydrogen) atoms. The van der Waals surface area contributed by atoms with Crippen LogP contribution in [0, 0.1) is 19.7 Å². The van der Waals surface area contributed by atoms with E-state index in [4.69, 9.17) is 5.73 Å². The first-order chi connectivity index (χ1) is 8.08. The first-order valence-electron chi connectivity index (χ1n) is 5.36. The maximum atomic E-state index is 13.2. The van der Waals surface area contributed by atoms with Crippen molar-refractivity contribution in [1.82, 2.24) is 10.2 Å². The largest absolute Gasteiger partial charge is 0.397 e. The molecule has 0 spiro atoms. The molecule has 2 rings (SSSR count). The monoisotopic (exact) mass is 234 g/mol. The number of aromatic amines is 1. The van der Waals surface area contributed by atoms with E-state index in [2.05, 4.69) is 15.5 Å². The third-order valence-corrected chi connectivity index (χ3v) is 2.73. The summed E-state index contributed by atoms with van der Waals surface area (Å²) in [6.45, 7) is 4.27. The van der Waals surface area contributed by atoms with Crippen molar-refractivity contribution in [3.05, 3.63) is 41.0 Å². The highest BCUT2D eigenvalue weighted by Crippen LogP contribution is 2.23. The molecule has 0 bridgehead atoms. The molecule has 0 atom stereocenters. The van der Waals surface area contributed by atoms with E-state index >= 15 is 0 Å². The van der Waals surface area contributed by atoms with Crippen LogP contribution in [0.1, 0.15) is 16.8 Å². The fourth-order valence-electron chi connectivity index (χ4n) is 1.59. The molecule has 90 valence electrons. The van der Waals surface area contributed by atoms with Crippen LogP contribution in [-0.4, -0.2) is 10.2 Å². The predicted molar refractivity (Wildman–Crippen MR) is 66.2 cm³/mol. The van der Waals surface area contributed by atoms with Gasteiger partial charge in [0, 0.05) is 17.8 Å². The summed E-state index contributed by atoms with van der Waals surface area (Å²) < 4.78 is 13.2. The van der Waals surface area contributed by atoms with Crippen molar-refractivity contribution in [3.63, 3.8) is 0 Å². The number of hydrogen-bond donors (Lipinski definition) is 3. The van der Waals surface area contributed by atoms with E-state index in [1.54, 1.807) is 19.2 Å². The van der Waals surface area contributed by atoms with Crippen LogP contribution >= 0.6 is 0 Å². The van der Waals surface area contributed by atoms with E-state index in [0.717, 1.165) is 16.9 Å². The lowest BCUT2D eigenvalue weighted by Crippen LogP contribution is -2.04. The van der Waals surface area contributed by atoms with Crippen molar-refractivity contribution in [3.8, 4) is 0 Å². The minimum atomic E-state index is -0.285. The Bertz CT molecular complexity index is 533. The topological polar surface area (TPSA) is 66.7 Å². The van der Waals surface area contributed by atoms with Gasteiger partial charge in [-0.2, -0.15) is 5.10 Å². The molecular formula is C12H15FN4. The van der Waals surface area contributed by atoms with Crippen LogP contribution in [0.4, 0.5) is 15.8 Å². The van der Waals surface area contributed by atoms with Gasteiger partial charge >= 0.3 is 0 Å². The normalized spacial score (nSPS) is 10.5. The Morgan fingerprint density at radius 1 is 1.41 bits per heavy atom. The zero-order valence-electron chi connectivity index (χ0n) is 9.84. The van der Waals surface area contributed by atoms with Gasteiger partial charge in [0.2, 0.25) is 0 Å². The van der Waals surface area contributed by atoms with Gasteiger partial charge in [0.25, 0.3) is 0 Å². The highest BCUT2D eigenvalue weighted by molar-refractivity contribution is 5.67. The Labute approximate surface area is 99.0 Å². The SMILES string of the molecule is Cc1cc(NCc2cn[nH]c2C)c(N)cc1F. The van der Waals surface area contributed by atoms with E-state index in [0.29, 0.717) is 17.8 Å². The van der Waals surface area contributed by atoms with Gasteiger partial charge in [0.1, 0.15) is 5.82 Å². The predicted octanol–water partition coefficient (Wildman–Crippen LogP) is 2.36. The Morgan fingerprint density at radius 2 is 2.18 bits per heavy atom. The molecule has 1 aromatic carbocycles. The fraction of sp³-hybridized carbons (Fsp3) is 0.250. The number of benzene rings is 1. The van der Waals surface area contributed by atoms with Crippen molar-refractivity contribution >= 4 is 11.4 Å². The molecule has 0 saturated heterocycles. The summed E-state index contributed by atoms with van der Waals surface area (Å²) in [7, 11) is 0. The lowest BCUT2D eigenvalue weighted by Gasteiger charge is -2.10. The van der Waals surface area contributed by atoms with Crippen molar-refractivity contribution in [2.45, 2.75) is 20.4 Å². The Kier molecular flexibility index (Phi) is 2.99. The lowest BCUT2D eigenvalue weighted by molar-refractivity contribution is 0.619. The molecular weight excluding hydrogens is 219 g/mol. The average Bonchev–Trinajstić information content (AvgIpc) is 2.68. The number of aromatic nitrogens is 2. The molecule has 5 heteroatoms. The quantitative estimate of drug-likeness (QED) is 0.714. The molecule has 0 aliphatic carbocycles. The van der Waals surface area contributed by atoms with E-state index in [1.165, 1.54) is 6.07 Å². The maximum absolute atomic E-state index is 13.2. The summed E-state index contributed by atoms with van der Waals surface area (Å²) >= 11 is 0. The molecule has 0 aliphatic rings. The smallest absolute Gasteiger partial charge is 0.128 e. The number of halogens is 1. The summed E-state index contributed by atoms with van der Waals surface area (Å²) in [5.41, 5.74) is 9.54. The molecule has 4 nitrogen and oxygen atoms in total. The number of hydrogen-bond acceptors (Lipinski definition) is 3. The van der Waals surface area contributed by atoms with Crippen molar-refractivity contribution in [1.29, 1.82) is 0 Å². The molecule has 0 unspecified atom stereocenters. The summed E-state index contributed by atoms with van der Waals surface area (Å²) in [5.74, 6) is -0.285. The molecule has 0 fully saturated rings. The zero-order valence-corrected chi connectivity index (χ0v) is 9.84. The number of nitrogen functional groups attached to an aromatic ring is 1. The summed E-state index contributed by atoms with van der Waals surface area (Å²) in [4.78, 5) is 0. The number of aryl methyl sites for hydroxylation is 2. The van der Waals surface area contributed by atoms with Gasteiger partial charge in [-0.05, 0) is 31.5 Å². The Balaban J connectivity index is 2.14. The van der Waals surface area contributed by atoms with Gasteiger partial charge < -0.3 is 11.1 Å². The highest BCUT2D eigenvalue weighted by Gasteiger charge is 2.06. The molecule has 0 saturated carbocycles. The molecule has 0 aliphatic heterocycles. The van der Waals surface area contributed by atoms with Crippen LogP contribution in [0.2, 0.25) is 0 Å². The van der Waals surface area contributed by atoms with E-state index < -0.39 is 0 Å². The van der Waals surface area contributed by atoms with Crippen LogP contribution < -0.4 is 11.1 Å². The van der Waals surface area contributed by atoms with Gasteiger partial charge in [0.15, 0.2) is 0 Å². The van der Waals surface area contributed by atoms with Crippen LogP contribution in [0.5, 0.6) is 0 Å². The molecule has 0 radical (unpaired) electrons. The van der Waals surface area contributed by atoms with Crippen molar-refractivity contribution in [2.75, 3.05) is 11.1 Å². The van der Waals surface area contributed by atoms with Gasteiger partial charge in [-0.25, -0.2) is 4.39 Å². The Hall–Kier alpha value is -2.04. The van der Waals surface area contributed by atoms with Crippen LogP contribution in [-0.2, 0) is 6.54 Å². The fourth-order valence-corrected chi connectivity index (χ4v) is 1.59. The van der Waals surface area contributed by atoms with E-state index in [1.807, 2.05) is 6.92 Å². The molecule has 1 aromatic heterocycles. The number of H-pyrrole nitrogens is 1. The third kappa shape index (κ3) is 2.38. The number of nitrogens with zero attached hydrogens (tertiary/aromatic N) is 1. The highest BCUT2D eigenvalue weighted by atomic mass is 19.1. The number of nitrogens with one attached hydrogen (secondary N) is 2. The minimum Gasteiger partial charge on any atom is -0.397 e. The second-order valence-electron chi connectivity index (χ2n) is 4.06. The first-order valence-corrected chi connectivity index (χ1v) is 5.36. The maximum Gasteiger partial charge on any atom is 0.128 e. The Morgan fingerprint density at radius 3 is 2.82 bits per heavy atom. The lowest BCUT2D eigenvalue weighted by atomic mass is 10.1. The van der Waals surface area contributed by atoms with Crippen LogP contribution in [0.15, 0.2) is 18.3 Å². The average molecular weight is 234 g/mol. The van der Waals surface area contributed by atoms with Crippen LogP contribution in [0.25, 0.3) is 0 Å². The third-order valence-electron chi connectivity index (χ3n) is 2.73.